The Hall–Kier alpha value is -0.370. The van der Waals surface area contributed by atoms with Crippen LogP contribution < -0.4 is 4.74 Å². The average molecular weight is 376 g/mol. The van der Waals surface area contributed by atoms with Crippen LogP contribution in [0.1, 0.15) is 13.3 Å². The van der Waals surface area contributed by atoms with Crippen molar-refractivity contribution in [2.75, 3.05) is 19.8 Å². The van der Waals surface area contributed by atoms with Gasteiger partial charge in [0.1, 0.15) is 23.1 Å². The van der Waals surface area contributed by atoms with Crippen LogP contribution in [0.4, 0.5) is 4.39 Å². The van der Waals surface area contributed by atoms with Crippen LogP contribution >= 0.6 is 26.6 Å². The lowest BCUT2D eigenvalue weighted by molar-refractivity contribution is 0.100. The summed E-state index contributed by atoms with van der Waals surface area (Å²) in [6.07, 6.45) is 0.903. The maximum atomic E-state index is 13.6. The number of ether oxygens (including phenoxy) is 2. The molecule has 0 aliphatic rings. The minimum Gasteiger partial charge on any atom is -0.490 e. The quantitative estimate of drug-likeness (QED) is 0.542. The van der Waals surface area contributed by atoms with Gasteiger partial charge in [0.15, 0.2) is 0 Å². The Morgan fingerprint density at radius 1 is 1.32 bits per heavy atom. The second-order valence-electron chi connectivity index (χ2n) is 3.61. The van der Waals surface area contributed by atoms with Gasteiger partial charge in [-0.2, -0.15) is 0 Å². The SMILES string of the molecule is CCCOCCOc1cc(F)c(S(=O)(=O)Cl)cc1Br. The highest BCUT2D eigenvalue weighted by molar-refractivity contribution is 9.10. The van der Waals surface area contributed by atoms with E-state index < -0.39 is 19.8 Å². The molecule has 0 heterocycles. The summed E-state index contributed by atoms with van der Waals surface area (Å²) in [7, 11) is 0.982. The number of hydrogen-bond donors (Lipinski definition) is 0. The fourth-order valence-electron chi connectivity index (χ4n) is 1.26. The van der Waals surface area contributed by atoms with Crippen LogP contribution in [0, 0.1) is 5.82 Å². The van der Waals surface area contributed by atoms with Gasteiger partial charge in [-0.25, -0.2) is 12.8 Å². The van der Waals surface area contributed by atoms with Crippen molar-refractivity contribution in [1.82, 2.24) is 0 Å². The fraction of sp³-hybridized carbons (Fsp3) is 0.455. The summed E-state index contributed by atoms with van der Waals surface area (Å²) in [5.74, 6) is -0.760. The van der Waals surface area contributed by atoms with Crippen LogP contribution in [0.5, 0.6) is 5.75 Å². The number of halogens is 3. The van der Waals surface area contributed by atoms with E-state index in [0.717, 1.165) is 18.6 Å². The summed E-state index contributed by atoms with van der Waals surface area (Å²) >= 11 is 3.10. The number of benzene rings is 1. The second-order valence-corrected chi connectivity index (χ2v) is 7.00. The first kappa shape index (κ1) is 16.7. The molecule has 19 heavy (non-hydrogen) atoms. The van der Waals surface area contributed by atoms with Crippen molar-refractivity contribution in [1.29, 1.82) is 0 Å². The van der Waals surface area contributed by atoms with Gasteiger partial charge < -0.3 is 9.47 Å². The molecule has 0 aliphatic carbocycles. The molecule has 1 aromatic rings. The third-order valence-corrected chi connectivity index (χ3v) is 4.04. The van der Waals surface area contributed by atoms with Gasteiger partial charge in [0.25, 0.3) is 9.05 Å². The van der Waals surface area contributed by atoms with E-state index in [2.05, 4.69) is 15.9 Å². The zero-order valence-electron chi connectivity index (χ0n) is 10.2. The maximum absolute atomic E-state index is 13.6. The Kier molecular flexibility index (Phi) is 6.52. The Bertz CT molecular complexity index is 536. The Morgan fingerprint density at radius 2 is 2.00 bits per heavy atom. The number of hydrogen-bond acceptors (Lipinski definition) is 4. The highest BCUT2D eigenvalue weighted by Crippen LogP contribution is 2.31. The number of rotatable bonds is 7. The molecule has 0 spiro atoms. The van der Waals surface area contributed by atoms with Crippen LogP contribution in [0.3, 0.4) is 0 Å². The summed E-state index contributed by atoms with van der Waals surface area (Å²) in [6.45, 7) is 3.23. The summed E-state index contributed by atoms with van der Waals surface area (Å²) in [4.78, 5) is -0.587. The first-order chi connectivity index (χ1) is 8.86. The second kappa shape index (κ2) is 7.42. The van der Waals surface area contributed by atoms with Crippen LogP contribution in [-0.2, 0) is 13.8 Å². The average Bonchev–Trinajstić information content (AvgIpc) is 2.31. The smallest absolute Gasteiger partial charge is 0.264 e. The Morgan fingerprint density at radius 3 is 2.58 bits per heavy atom. The molecule has 0 fully saturated rings. The van der Waals surface area contributed by atoms with Crippen molar-refractivity contribution in [3.8, 4) is 5.75 Å². The van der Waals surface area contributed by atoms with Gasteiger partial charge in [-0.1, -0.05) is 6.92 Å². The molecule has 0 amide bonds. The molecule has 108 valence electrons. The van der Waals surface area contributed by atoms with E-state index in [9.17, 15) is 12.8 Å². The Balaban J connectivity index is 2.74. The summed E-state index contributed by atoms with van der Waals surface area (Å²) in [5, 5.41) is 0. The largest absolute Gasteiger partial charge is 0.490 e. The normalized spacial score (nSPS) is 11.6. The zero-order chi connectivity index (χ0) is 14.5. The minimum absolute atomic E-state index is 0.196. The first-order valence-electron chi connectivity index (χ1n) is 5.50. The third kappa shape index (κ3) is 5.25. The van der Waals surface area contributed by atoms with Gasteiger partial charge in [0, 0.05) is 23.4 Å². The summed E-state index contributed by atoms with van der Waals surface area (Å²) in [6, 6.07) is 2.04. The van der Waals surface area contributed by atoms with E-state index in [4.69, 9.17) is 20.2 Å². The molecule has 0 aliphatic heterocycles. The monoisotopic (exact) mass is 374 g/mol. The predicted octanol–water partition coefficient (Wildman–Crippen LogP) is 3.32. The predicted molar refractivity (Wildman–Crippen MR) is 73.7 cm³/mol. The van der Waals surface area contributed by atoms with Crippen molar-refractivity contribution >= 4 is 35.7 Å². The topological polar surface area (TPSA) is 52.6 Å². The van der Waals surface area contributed by atoms with Gasteiger partial charge in [0.05, 0.1) is 11.1 Å². The van der Waals surface area contributed by atoms with Crippen LogP contribution in [-0.4, -0.2) is 28.2 Å². The van der Waals surface area contributed by atoms with Crippen molar-refractivity contribution in [2.45, 2.75) is 18.2 Å². The molecule has 0 saturated heterocycles. The molecule has 4 nitrogen and oxygen atoms in total. The maximum Gasteiger partial charge on any atom is 0.264 e. The molecule has 8 heteroatoms. The molecule has 0 unspecified atom stereocenters. The Labute approximate surface area is 124 Å². The lowest BCUT2D eigenvalue weighted by Crippen LogP contribution is -2.08. The molecule has 0 N–H and O–H groups in total. The van der Waals surface area contributed by atoms with Crippen LogP contribution in [0.2, 0.25) is 0 Å². The zero-order valence-corrected chi connectivity index (χ0v) is 13.3. The molecule has 0 radical (unpaired) electrons. The van der Waals surface area contributed by atoms with Crippen molar-refractivity contribution in [2.24, 2.45) is 0 Å². The highest BCUT2D eigenvalue weighted by atomic mass is 79.9. The molecule has 0 bridgehead atoms. The third-order valence-electron chi connectivity index (χ3n) is 2.08. The van der Waals surface area contributed by atoms with E-state index in [-0.39, 0.29) is 12.4 Å². The van der Waals surface area contributed by atoms with Gasteiger partial charge in [-0.05, 0) is 28.4 Å². The molecule has 0 atom stereocenters. The van der Waals surface area contributed by atoms with Crippen molar-refractivity contribution < 1.29 is 22.3 Å². The van der Waals surface area contributed by atoms with Crippen LogP contribution in [0.25, 0.3) is 0 Å². The minimum atomic E-state index is -4.12. The van der Waals surface area contributed by atoms with Crippen molar-refractivity contribution in [3.63, 3.8) is 0 Å². The van der Waals surface area contributed by atoms with Gasteiger partial charge in [-0.3, -0.25) is 0 Å². The first-order valence-corrected chi connectivity index (χ1v) is 8.60. The summed E-state index contributed by atoms with van der Waals surface area (Å²) < 4.78 is 46.5. The van der Waals surface area contributed by atoms with Crippen molar-refractivity contribution in [3.05, 3.63) is 22.4 Å². The molecule has 1 aromatic carbocycles. The molecular formula is C11H13BrClFO4S. The van der Waals surface area contributed by atoms with E-state index in [1.54, 1.807) is 0 Å². The molecule has 0 saturated carbocycles. The van der Waals surface area contributed by atoms with Gasteiger partial charge >= 0.3 is 0 Å². The lowest BCUT2D eigenvalue weighted by atomic mass is 10.3. The van der Waals surface area contributed by atoms with Crippen LogP contribution in [0.15, 0.2) is 21.5 Å². The lowest BCUT2D eigenvalue weighted by Gasteiger charge is -2.10. The summed E-state index contributed by atoms with van der Waals surface area (Å²) in [5.41, 5.74) is 0. The van der Waals surface area contributed by atoms with E-state index >= 15 is 0 Å². The van der Waals surface area contributed by atoms with E-state index in [0.29, 0.717) is 17.7 Å². The van der Waals surface area contributed by atoms with Gasteiger partial charge in [-0.15, -0.1) is 0 Å². The van der Waals surface area contributed by atoms with E-state index in [1.165, 1.54) is 0 Å². The molecule has 1 rings (SSSR count). The molecule has 0 aromatic heterocycles. The van der Waals surface area contributed by atoms with E-state index in [1.807, 2.05) is 6.92 Å². The highest BCUT2D eigenvalue weighted by Gasteiger charge is 2.19. The molecular weight excluding hydrogens is 363 g/mol. The van der Waals surface area contributed by atoms with Gasteiger partial charge in [0.2, 0.25) is 0 Å². The fourth-order valence-corrected chi connectivity index (χ4v) is 2.78. The standard InChI is InChI=1S/C11H13BrClFO4S/c1-2-3-17-4-5-18-10-7-9(14)11(6-8(10)12)19(13,15)16/h6-7H,2-5H2,1H3.